The monoisotopic (exact) mass is 642 g/mol. The van der Waals surface area contributed by atoms with E-state index in [0.717, 1.165) is 45.4 Å². The van der Waals surface area contributed by atoms with Gasteiger partial charge in [0.25, 0.3) is 0 Å². The lowest BCUT2D eigenvalue weighted by Gasteiger charge is -2.27. The zero-order valence-electron chi connectivity index (χ0n) is 29.1. The highest BCUT2D eigenvalue weighted by Crippen LogP contribution is 2.43. The highest BCUT2D eigenvalue weighted by Gasteiger charge is 2.27. The molecule has 0 fully saturated rings. The molecule has 7 rings (SSSR count). The molecular formula is C45H42N2O2. The van der Waals surface area contributed by atoms with E-state index in [0.29, 0.717) is 17.0 Å². The molecule has 0 unspecified atom stereocenters. The fourth-order valence-electron chi connectivity index (χ4n) is 6.37. The molecule has 0 aliphatic heterocycles. The van der Waals surface area contributed by atoms with Crippen LogP contribution in [0.3, 0.4) is 0 Å². The number of rotatable bonds is 6. The summed E-state index contributed by atoms with van der Waals surface area (Å²) in [6.07, 6.45) is 2.72. The van der Waals surface area contributed by atoms with Gasteiger partial charge in [0.2, 0.25) is 5.89 Å². The van der Waals surface area contributed by atoms with Crippen LogP contribution in [-0.2, 0) is 17.3 Å². The van der Waals surface area contributed by atoms with Crippen LogP contribution >= 0.6 is 0 Å². The molecule has 0 saturated heterocycles. The molecule has 0 atom stereocenters. The zero-order valence-corrected chi connectivity index (χ0v) is 29.1. The van der Waals surface area contributed by atoms with Gasteiger partial charge >= 0.3 is 0 Å². The van der Waals surface area contributed by atoms with Crippen LogP contribution in [0.25, 0.3) is 56.1 Å². The van der Waals surface area contributed by atoms with Crippen molar-refractivity contribution in [3.8, 4) is 50.7 Å². The maximum absolute atomic E-state index is 11.5. The van der Waals surface area contributed by atoms with Crippen LogP contribution in [-0.4, -0.2) is 15.1 Å². The first kappa shape index (κ1) is 32.1. The molecule has 0 radical (unpaired) electrons. The van der Waals surface area contributed by atoms with Crippen molar-refractivity contribution in [2.75, 3.05) is 0 Å². The number of aromatic nitrogens is 2. The van der Waals surface area contributed by atoms with Crippen LogP contribution in [0.4, 0.5) is 0 Å². The predicted molar refractivity (Wildman–Crippen MR) is 202 cm³/mol. The van der Waals surface area contributed by atoms with E-state index in [1.165, 1.54) is 22.3 Å². The van der Waals surface area contributed by atoms with Crippen molar-refractivity contribution in [3.63, 3.8) is 0 Å². The fourth-order valence-corrected chi connectivity index (χ4v) is 6.37. The molecule has 0 spiro atoms. The number of fused-ring (bicyclic) bond motifs is 1. The summed E-state index contributed by atoms with van der Waals surface area (Å²) in [5, 5.41) is 11.5. The Labute approximate surface area is 289 Å². The predicted octanol–water partition coefficient (Wildman–Crippen LogP) is 11.8. The number of hydrogen-bond acceptors (Lipinski definition) is 4. The summed E-state index contributed by atoms with van der Waals surface area (Å²) < 4.78 is 6.37. The summed E-state index contributed by atoms with van der Waals surface area (Å²) in [5.74, 6) is 0.632. The number of phenols is 1. The molecule has 0 aliphatic carbocycles. The van der Waals surface area contributed by atoms with Crippen LogP contribution in [0.2, 0.25) is 0 Å². The standard InChI is InChI=1S/C45H42N2O2/c1-44(2,3)35-27-37(42(48)38(28-35)45(4,5)6)43-47-41-36(16-11-17-40(41)49-43)33-14-10-15-34(26-33)39-25-30(22-23-46-39)24-29-18-20-32(21-19-29)31-12-8-7-9-13-31/h7-23,25-28,48H,24H2,1-6H3. The Balaban J connectivity index is 1.21. The number of benzene rings is 5. The molecular weight excluding hydrogens is 601 g/mol. The van der Waals surface area contributed by atoms with Crippen LogP contribution < -0.4 is 0 Å². The zero-order chi connectivity index (χ0) is 34.3. The van der Waals surface area contributed by atoms with E-state index in [2.05, 4.69) is 139 Å². The van der Waals surface area contributed by atoms with Gasteiger partial charge in [0.15, 0.2) is 5.58 Å². The second kappa shape index (κ2) is 12.5. The van der Waals surface area contributed by atoms with Gasteiger partial charge in [-0.25, -0.2) is 4.98 Å². The summed E-state index contributed by atoms with van der Waals surface area (Å²) in [4.78, 5) is 9.76. The number of oxazole rings is 1. The molecule has 0 saturated carbocycles. The SMILES string of the molecule is CC(C)(C)c1cc(-c2nc3c(-c4cccc(-c5cc(Cc6ccc(-c7ccccc7)cc6)ccn5)c4)cccc3o2)c(O)c(C(C)(C)C)c1. The molecule has 4 heteroatoms. The summed E-state index contributed by atoms with van der Waals surface area (Å²) in [6, 6.07) is 42.1. The average molecular weight is 643 g/mol. The number of aromatic hydroxyl groups is 1. The number of para-hydroxylation sites is 1. The first-order valence-electron chi connectivity index (χ1n) is 16.9. The van der Waals surface area contributed by atoms with Gasteiger partial charge in [-0.15, -0.1) is 0 Å². The molecule has 7 aromatic rings. The first-order valence-corrected chi connectivity index (χ1v) is 16.9. The minimum atomic E-state index is -0.254. The maximum Gasteiger partial charge on any atom is 0.231 e. The van der Waals surface area contributed by atoms with E-state index in [1.807, 2.05) is 30.5 Å². The van der Waals surface area contributed by atoms with Crippen molar-refractivity contribution >= 4 is 11.1 Å². The summed E-state index contributed by atoms with van der Waals surface area (Å²) in [7, 11) is 0. The van der Waals surface area contributed by atoms with Crippen molar-refractivity contribution in [2.24, 2.45) is 0 Å². The molecule has 5 aromatic carbocycles. The Morgan fingerprint density at radius 2 is 1.29 bits per heavy atom. The van der Waals surface area contributed by atoms with Crippen molar-refractivity contribution in [3.05, 3.63) is 150 Å². The van der Waals surface area contributed by atoms with Gasteiger partial charge < -0.3 is 9.52 Å². The number of phenolic OH excluding ortho intramolecular Hbond substituents is 1. The normalized spacial score (nSPS) is 12.0. The summed E-state index contributed by atoms with van der Waals surface area (Å²) >= 11 is 0. The van der Waals surface area contributed by atoms with Crippen LogP contribution in [0, 0.1) is 0 Å². The van der Waals surface area contributed by atoms with Gasteiger partial charge in [-0.3, -0.25) is 4.98 Å². The third-order valence-corrected chi connectivity index (χ3v) is 9.20. The molecule has 2 aromatic heterocycles. The van der Waals surface area contributed by atoms with Crippen LogP contribution in [0.1, 0.15) is 63.8 Å². The van der Waals surface area contributed by atoms with E-state index in [1.54, 1.807) is 0 Å². The Morgan fingerprint density at radius 1 is 0.592 bits per heavy atom. The van der Waals surface area contributed by atoms with Gasteiger partial charge in [0.05, 0.1) is 11.3 Å². The van der Waals surface area contributed by atoms with E-state index in [-0.39, 0.29) is 16.6 Å². The Morgan fingerprint density at radius 3 is 2.02 bits per heavy atom. The second-order valence-electron chi connectivity index (χ2n) is 15.0. The third kappa shape index (κ3) is 6.64. The van der Waals surface area contributed by atoms with E-state index in [4.69, 9.17) is 14.4 Å². The molecule has 244 valence electrons. The lowest BCUT2D eigenvalue weighted by Crippen LogP contribution is -2.17. The Hall–Kier alpha value is -5.48. The van der Waals surface area contributed by atoms with Crippen molar-refractivity contribution in [1.82, 2.24) is 9.97 Å². The van der Waals surface area contributed by atoms with E-state index in [9.17, 15) is 5.11 Å². The van der Waals surface area contributed by atoms with Gasteiger partial charge in [-0.2, -0.15) is 0 Å². The number of pyridine rings is 1. The number of nitrogens with zero attached hydrogens (tertiary/aromatic N) is 2. The topological polar surface area (TPSA) is 59.2 Å². The summed E-state index contributed by atoms with van der Waals surface area (Å²) in [5.41, 5.74) is 12.5. The van der Waals surface area contributed by atoms with Gasteiger partial charge in [0, 0.05) is 22.9 Å². The molecule has 0 amide bonds. The highest BCUT2D eigenvalue weighted by atomic mass is 16.3. The van der Waals surface area contributed by atoms with E-state index >= 15 is 0 Å². The average Bonchev–Trinajstić information content (AvgIpc) is 3.53. The third-order valence-electron chi connectivity index (χ3n) is 9.20. The molecule has 49 heavy (non-hydrogen) atoms. The smallest absolute Gasteiger partial charge is 0.231 e. The minimum absolute atomic E-state index is 0.113. The lowest BCUT2D eigenvalue weighted by atomic mass is 9.79. The molecule has 2 heterocycles. The quantitative estimate of drug-likeness (QED) is 0.196. The highest BCUT2D eigenvalue weighted by molar-refractivity contribution is 5.93. The van der Waals surface area contributed by atoms with Gasteiger partial charge in [-0.1, -0.05) is 133 Å². The second-order valence-corrected chi connectivity index (χ2v) is 15.0. The van der Waals surface area contributed by atoms with Crippen LogP contribution in [0.15, 0.2) is 132 Å². The van der Waals surface area contributed by atoms with Crippen LogP contribution in [0.5, 0.6) is 5.75 Å². The van der Waals surface area contributed by atoms with Crippen molar-refractivity contribution in [1.29, 1.82) is 0 Å². The Bertz CT molecular complexity index is 2270. The molecule has 0 bridgehead atoms. The molecule has 0 aliphatic rings. The summed E-state index contributed by atoms with van der Waals surface area (Å²) in [6.45, 7) is 12.9. The maximum atomic E-state index is 11.5. The van der Waals surface area contributed by atoms with Crippen molar-refractivity contribution in [2.45, 2.75) is 58.8 Å². The molecule has 1 N–H and O–H groups in total. The van der Waals surface area contributed by atoms with Crippen molar-refractivity contribution < 1.29 is 9.52 Å². The fraction of sp³-hybridized carbons (Fsp3) is 0.200. The Kier molecular flexibility index (Phi) is 8.20. The largest absolute Gasteiger partial charge is 0.507 e. The van der Waals surface area contributed by atoms with Gasteiger partial charge in [0.1, 0.15) is 11.3 Å². The first-order chi connectivity index (χ1) is 23.4. The lowest BCUT2D eigenvalue weighted by molar-refractivity contribution is 0.444. The molecule has 4 nitrogen and oxygen atoms in total. The van der Waals surface area contributed by atoms with E-state index < -0.39 is 0 Å². The van der Waals surface area contributed by atoms with Gasteiger partial charge in [-0.05, 0) is 81.0 Å². The minimum Gasteiger partial charge on any atom is -0.507 e. The number of hydrogen-bond donors (Lipinski definition) is 1.